The van der Waals surface area contributed by atoms with Crippen LogP contribution >= 0.6 is 0 Å². The van der Waals surface area contributed by atoms with Gasteiger partial charge in [0.1, 0.15) is 0 Å². The van der Waals surface area contributed by atoms with Crippen molar-refractivity contribution in [1.29, 1.82) is 0 Å². The highest BCUT2D eigenvalue weighted by Gasteiger charge is 2.26. The van der Waals surface area contributed by atoms with E-state index in [9.17, 15) is 0 Å². The first-order chi connectivity index (χ1) is 36.2. The van der Waals surface area contributed by atoms with Crippen LogP contribution in [0.4, 0.5) is 17.1 Å². The second-order valence-electron chi connectivity index (χ2n) is 25.5. The molecule has 1 heterocycles. The van der Waals surface area contributed by atoms with Crippen molar-refractivity contribution in [3.63, 3.8) is 0 Å². The average molecular weight is 987 g/mol. The highest BCUT2D eigenvalue weighted by molar-refractivity contribution is 6.27. The van der Waals surface area contributed by atoms with E-state index in [1.165, 1.54) is 115 Å². The molecule has 0 N–H and O–H groups in total. The molecule has 0 radical (unpaired) electrons. The third-order valence-electron chi connectivity index (χ3n) is 16.2. The van der Waals surface area contributed by atoms with Gasteiger partial charge in [-0.2, -0.15) is 0 Å². The van der Waals surface area contributed by atoms with E-state index in [1.807, 2.05) is 0 Å². The molecule has 0 amide bonds. The van der Waals surface area contributed by atoms with E-state index >= 15 is 0 Å². The van der Waals surface area contributed by atoms with Crippen LogP contribution in [0.2, 0.25) is 0 Å². The van der Waals surface area contributed by atoms with E-state index in [2.05, 4.69) is 299 Å². The summed E-state index contributed by atoms with van der Waals surface area (Å²) >= 11 is 0. The second kappa shape index (κ2) is 17.8. The number of fused-ring (bicyclic) bond motifs is 3. The van der Waals surface area contributed by atoms with Crippen molar-refractivity contribution in [2.24, 2.45) is 0 Å². The highest BCUT2D eigenvalue weighted by Crippen LogP contribution is 2.49. The minimum atomic E-state index is -0.0314. The largest absolute Gasteiger partial charge is 0.309 e. The van der Waals surface area contributed by atoms with E-state index in [0.717, 1.165) is 17.1 Å². The van der Waals surface area contributed by atoms with Crippen LogP contribution in [-0.2, 0) is 21.7 Å². The van der Waals surface area contributed by atoms with Crippen LogP contribution < -0.4 is 4.90 Å². The van der Waals surface area contributed by atoms with Crippen LogP contribution in [0.15, 0.2) is 206 Å². The van der Waals surface area contributed by atoms with Gasteiger partial charge in [0.25, 0.3) is 0 Å². The van der Waals surface area contributed by atoms with Gasteiger partial charge in [-0.05, 0) is 148 Å². The molecular weight excluding hydrogens is 917 g/mol. The van der Waals surface area contributed by atoms with E-state index in [4.69, 9.17) is 0 Å². The molecule has 0 unspecified atom stereocenters. The number of anilines is 3. The quantitative estimate of drug-likeness (QED) is 0.145. The Hall–Kier alpha value is -7.94. The Bertz CT molecular complexity index is 4110. The Morgan fingerprint density at radius 3 is 1.43 bits per heavy atom. The molecule has 376 valence electrons. The summed E-state index contributed by atoms with van der Waals surface area (Å²) in [6.07, 6.45) is 0. The summed E-state index contributed by atoms with van der Waals surface area (Å²) < 4.78 is 2.53. The number of aromatic nitrogens is 1. The van der Waals surface area contributed by atoms with Crippen LogP contribution in [0.5, 0.6) is 0 Å². The molecule has 12 aromatic rings. The zero-order chi connectivity index (χ0) is 53.1. The molecule has 2 heteroatoms. The molecule has 0 aliphatic heterocycles. The average Bonchev–Trinajstić information content (AvgIpc) is 3.73. The Morgan fingerprint density at radius 1 is 0.303 bits per heavy atom. The molecule has 0 aliphatic carbocycles. The molecule has 0 atom stereocenters. The first-order valence-corrected chi connectivity index (χ1v) is 27.3. The lowest BCUT2D eigenvalue weighted by Crippen LogP contribution is -2.12. The van der Waals surface area contributed by atoms with Crippen LogP contribution in [-0.4, -0.2) is 4.57 Å². The predicted molar refractivity (Wildman–Crippen MR) is 330 cm³/mol. The van der Waals surface area contributed by atoms with Gasteiger partial charge >= 0.3 is 0 Å². The minimum absolute atomic E-state index is 0.0188. The van der Waals surface area contributed by atoms with Gasteiger partial charge in [-0.25, -0.2) is 0 Å². The van der Waals surface area contributed by atoms with Gasteiger partial charge < -0.3 is 9.47 Å². The fraction of sp³-hybridized carbons (Fsp3) is 0.216. The number of benzene rings is 11. The molecule has 0 saturated carbocycles. The van der Waals surface area contributed by atoms with Crippen molar-refractivity contribution in [3.05, 3.63) is 229 Å². The minimum Gasteiger partial charge on any atom is -0.309 e. The van der Waals surface area contributed by atoms with Gasteiger partial charge in [0, 0.05) is 32.8 Å². The summed E-state index contributed by atoms with van der Waals surface area (Å²) in [4.78, 5) is 2.52. The maximum atomic E-state index is 2.53. The fourth-order valence-electron chi connectivity index (χ4n) is 11.8. The lowest BCUT2D eigenvalue weighted by Gasteiger charge is -2.30. The van der Waals surface area contributed by atoms with Gasteiger partial charge in [-0.15, -0.1) is 0 Å². The molecule has 0 saturated heterocycles. The lowest BCUT2D eigenvalue weighted by molar-refractivity contribution is 0.590. The normalized spacial score (nSPS) is 12.7. The van der Waals surface area contributed by atoms with Gasteiger partial charge in [0.15, 0.2) is 0 Å². The first-order valence-electron chi connectivity index (χ1n) is 27.3. The molecular formula is C74H70N2. The maximum Gasteiger partial charge on any atom is 0.0541 e. The van der Waals surface area contributed by atoms with Crippen LogP contribution in [0.25, 0.3) is 93.2 Å². The number of nitrogens with zero attached hydrogens (tertiary/aromatic N) is 2. The van der Waals surface area contributed by atoms with Crippen LogP contribution in [0, 0.1) is 0 Å². The zero-order valence-corrected chi connectivity index (χ0v) is 46.5. The van der Waals surface area contributed by atoms with E-state index in [0.29, 0.717) is 0 Å². The van der Waals surface area contributed by atoms with Crippen molar-refractivity contribution in [2.75, 3.05) is 4.90 Å². The topological polar surface area (TPSA) is 8.17 Å². The fourth-order valence-corrected chi connectivity index (χ4v) is 11.8. The summed E-state index contributed by atoms with van der Waals surface area (Å²) in [5, 5.41) is 10.1. The summed E-state index contributed by atoms with van der Waals surface area (Å²) in [5.74, 6) is 0. The predicted octanol–water partition coefficient (Wildman–Crippen LogP) is 21.3. The zero-order valence-electron chi connectivity index (χ0n) is 46.5. The van der Waals surface area contributed by atoms with Gasteiger partial charge in [0.05, 0.1) is 28.1 Å². The van der Waals surface area contributed by atoms with E-state index in [-0.39, 0.29) is 21.7 Å². The molecule has 76 heavy (non-hydrogen) atoms. The highest BCUT2D eigenvalue weighted by atomic mass is 15.1. The monoisotopic (exact) mass is 987 g/mol. The Morgan fingerprint density at radius 2 is 0.803 bits per heavy atom. The molecule has 0 fully saturated rings. The molecule has 12 rings (SSSR count). The Kier molecular flexibility index (Phi) is 11.5. The number of para-hydroxylation sites is 1. The first kappa shape index (κ1) is 49.0. The third kappa shape index (κ3) is 8.44. The second-order valence-corrected chi connectivity index (χ2v) is 25.5. The Balaban J connectivity index is 1.10. The van der Waals surface area contributed by atoms with E-state index < -0.39 is 0 Å². The summed E-state index contributed by atoms with van der Waals surface area (Å²) in [7, 11) is 0. The smallest absolute Gasteiger partial charge is 0.0541 e. The summed E-state index contributed by atoms with van der Waals surface area (Å²) in [6.45, 7) is 27.7. The van der Waals surface area contributed by atoms with Gasteiger partial charge in [0.2, 0.25) is 0 Å². The van der Waals surface area contributed by atoms with Crippen molar-refractivity contribution in [2.45, 2.75) is 105 Å². The van der Waals surface area contributed by atoms with Gasteiger partial charge in [-0.3, -0.25) is 0 Å². The number of hydrogen-bond acceptors (Lipinski definition) is 1. The van der Waals surface area contributed by atoms with E-state index in [1.54, 1.807) is 0 Å². The molecule has 0 bridgehead atoms. The lowest BCUT2D eigenvalue weighted by atomic mass is 9.82. The van der Waals surface area contributed by atoms with Crippen molar-refractivity contribution < 1.29 is 0 Å². The molecule has 1 aromatic heterocycles. The summed E-state index contributed by atoms with van der Waals surface area (Å²) in [5.41, 5.74) is 19.6. The van der Waals surface area contributed by atoms with Crippen molar-refractivity contribution in [1.82, 2.24) is 4.57 Å². The standard InChI is InChI=1S/C74H70N2/c1-71(2,3)52-31-25-48(26-32-52)57-38-33-53(72(4,5)6)44-61(57)51-21-18-22-56(43-51)75(64-24-17-16-23-58(64)47-19-14-13-15-20-47)65-39-29-49-28-37-60-66(40-30-50-27-36-59(65)69(49)70(50)60)76-67-41-34-54(73(7,8)9)45-62(67)63-46-55(74(10,11)12)35-42-68(63)76/h13-46H,1-12H3. The van der Waals surface area contributed by atoms with Crippen molar-refractivity contribution >= 4 is 71.2 Å². The third-order valence-corrected chi connectivity index (χ3v) is 16.2. The molecule has 2 nitrogen and oxygen atoms in total. The SMILES string of the molecule is CC(C)(C)c1ccc(-c2ccc(C(C)(C)C)cc2-c2cccc(N(c3ccccc3-c3ccccc3)c3ccc4ccc5c(-n6c7ccc(C(C)(C)C)cc7c7cc(C(C)(C)C)ccc76)ccc6ccc3c4c65)c2)cc1. The molecule has 11 aromatic carbocycles. The Labute approximate surface area is 450 Å². The van der Waals surface area contributed by atoms with Crippen LogP contribution in [0.3, 0.4) is 0 Å². The van der Waals surface area contributed by atoms with Crippen LogP contribution in [0.1, 0.15) is 105 Å². The summed E-state index contributed by atoms with van der Waals surface area (Å²) in [6, 6.07) is 78.6. The van der Waals surface area contributed by atoms with Gasteiger partial charge in [-0.1, -0.05) is 235 Å². The molecule has 0 spiro atoms. The molecule has 0 aliphatic rings. The maximum absolute atomic E-state index is 2.53. The van der Waals surface area contributed by atoms with Crippen molar-refractivity contribution in [3.8, 4) is 39.1 Å². The number of rotatable bonds is 7. The number of hydrogen-bond donors (Lipinski definition) is 0.